The molecule has 0 aliphatic carbocycles. The molecule has 0 unspecified atom stereocenters. The van der Waals surface area contributed by atoms with Gasteiger partial charge in [0.2, 0.25) is 0 Å². The van der Waals surface area contributed by atoms with Crippen molar-refractivity contribution < 1.29 is 5.11 Å². The third-order valence-electron chi connectivity index (χ3n) is 2.56. The molecule has 5 heteroatoms. The molecule has 1 aromatic heterocycles. The molecular formula is C12H12BrClN2O. The smallest absolute Gasteiger partial charge is 0.113 e. The van der Waals surface area contributed by atoms with Gasteiger partial charge in [0.1, 0.15) is 4.60 Å². The van der Waals surface area contributed by atoms with Gasteiger partial charge in [0.05, 0.1) is 16.4 Å². The van der Waals surface area contributed by atoms with Gasteiger partial charge in [0.25, 0.3) is 0 Å². The summed E-state index contributed by atoms with van der Waals surface area (Å²) in [7, 11) is 0. The molecule has 0 aliphatic rings. The second kappa shape index (κ2) is 5.21. The van der Waals surface area contributed by atoms with Gasteiger partial charge >= 0.3 is 0 Å². The van der Waals surface area contributed by atoms with E-state index in [-0.39, 0.29) is 6.61 Å². The minimum absolute atomic E-state index is 0.105. The molecule has 0 spiro atoms. The Morgan fingerprint density at radius 3 is 2.76 bits per heavy atom. The van der Waals surface area contributed by atoms with E-state index in [4.69, 9.17) is 16.7 Å². The Labute approximate surface area is 113 Å². The van der Waals surface area contributed by atoms with Crippen molar-refractivity contribution in [1.82, 2.24) is 9.78 Å². The Morgan fingerprint density at radius 2 is 2.12 bits per heavy atom. The lowest BCUT2D eigenvalue weighted by molar-refractivity contribution is 0.299. The summed E-state index contributed by atoms with van der Waals surface area (Å²) < 4.78 is 2.60. The number of para-hydroxylation sites is 1. The third-order valence-corrected chi connectivity index (χ3v) is 3.70. The van der Waals surface area contributed by atoms with Gasteiger partial charge in [-0.05, 0) is 35.0 Å². The highest BCUT2D eigenvalue weighted by molar-refractivity contribution is 9.10. The Bertz CT molecular complexity index is 539. The molecule has 2 aromatic rings. The highest BCUT2D eigenvalue weighted by Gasteiger charge is 2.14. The second-order valence-electron chi connectivity index (χ2n) is 3.69. The van der Waals surface area contributed by atoms with Crippen LogP contribution in [0.1, 0.15) is 11.3 Å². The third kappa shape index (κ3) is 2.39. The number of nitrogens with zero attached hydrogens (tertiary/aromatic N) is 2. The molecule has 0 amide bonds. The fourth-order valence-corrected chi connectivity index (χ4v) is 2.68. The summed E-state index contributed by atoms with van der Waals surface area (Å²) in [6.07, 6.45) is 0.580. The highest BCUT2D eigenvalue weighted by Crippen LogP contribution is 2.27. The predicted molar refractivity (Wildman–Crippen MR) is 71.8 cm³/mol. The van der Waals surface area contributed by atoms with Crippen LogP contribution in [0.25, 0.3) is 5.69 Å². The van der Waals surface area contributed by atoms with E-state index in [0.29, 0.717) is 11.4 Å². The Morgan fingerprint density at radius 1 is 1.41 bits per heavy atom. The maximum absolute atomic E-state index is 9.02. The van der Waals surface area contributed by atoms with Gasteiger partial charge < -0.3 is 5.11 Å². The molecule has 90 valence electrons. The average Bonchev–Trinajstić information content (AvgIpc) is 2.58. The number of halogens is 2. The quantitative estimate of drug-likeness (QED) is 0.945. The number of aliphatic hydroxyl groups excluding tert-OH is 1. The molecule has 0 radical (unpaired) electrons. The number of benzene rings is 1. The summed E-state index contributed by atoms with van der Waals surface area (Å²) in [5.74, 6) is 0. The average molecular weight is 316 g/mol. The van der Waals surface area contributed by atoms with E-state index in [0.717, 1.165) is 21.5 Å². The first kappa shape index (κ1) is 12.6. The molecule has 1 N–H and O–H groups in total. The number of aromatic nitrogens is 2. The molecular weight excluding hydrogens is 304 g/mol. The number of hydrogen-bond donors (Lipinski definition) is 1. The van der Waals surface area contributed by atoms with E-state index in [2.05, 4.69) is 21.0 Å². The molecule has 0 saturated carbocycles. The van der Waals surface area contributed by atoms with E-state index in [1.54, 1.807) is 4.68 Å². The lowest BCUT2D eigenvalue weighted by Crippen LogP contribution is -1.98. The molecule has 0 bridgehead atoms. The molecule has 2 rings (SSSR count). The summed E-state index contributed by atoms with van der Waals surface area (Å²) in [6, 6.07) is 7.52. The standard InChI is InChI=1S/C12H12BrClN2O/c1-8-9(6-7-17)12(13)16(15-8)11-5-3-2-4-10(11)14/h2-5,17H,6-7H2,1H3. The van der Waals surface area contributed by atoms with Crippen molar-refractivity contribution in [2.24, 2.45) is 0 Å². The van der Waals surface area contributed by atoms with Crippen LogP contribution in [0.4, 0.5) is 0 Å². The summed E-state index contributed by atoms with van der Waals surface area (Å²) in [5.41, 5.74) is 2.73. The van der Waals surface area contributed by atoms with Crippen LogP contribution in [0, 0.1) is 6.92 Å². The highest BCUT2D eigenvalue weighted by atomic mass is 79.9. The van der Waals surface area contributed by atoms with Crippen LogP contribution in [0.5, 0.6) is 0 Å². The van der Waals surface area contributed by atoms with Crippen LogP contribution >= 0.6 is 27.5 Å². The lowest BCUT2D eigenvalue weighted by atomic mass is 10.2. The summed E-state index contributed by atoms with van der Waals surface area (Å²) in [6.45, 7) is 2.02. The van der Waals surface area contributed by atoms with E-state index in [1.165, 1.54) is 0 Å². The van der Waals surface area contributed by atoms with Crippen molar-refractivity contribution in [1.29, 1.82) is 0 Å². The van der Waals surface area contributed by atoms with Crippen LogP contribution in [0.15, 0.2) is 28.9 Å². The molecule has 0 fully saturated rings. The van der Waals surface area contributed by atoms with Crippen LogP contribution in [0.3, 0.4) is 0 Å². The van der Waals surface area contributed by atoms with Crippen molar-refractivity contribution >= 4 is 27.5 Å². The van der Waals surface area contributed by atoms with E-state index < -0.39 is 0 Å². The zero-order valence-corrected chi connectivity index (χ0v) is 11.7. The fraction of sp³-hybridized carbons (Fsp3) is 0.250. The zero-order chi connectivity index (χ0) is 12.4. The minimum Gasteiger partial charge on any atom is -0.396 e. The van der Waals surface area contributed by atoms with Gasteiger partial charge in [-0.25, -0.2) is 4.68 Å². The molecule has 1 heterocycles. The minimum atomic E-state index is 0.105. The Hall–Kier alpha value is -0.840. The largest absolute Gasteiger partial charge is 0.396 e. The van der Waals surface area contributed by atoms with Crippen LogP contribution in [-0.2, 0) is 6.42 Å². The first-order valence-electron chi connectivity index (χ1n) is 5.25. The summed E-state index contributed by atoms with van der Waals surface area (Å²) in [5, 5.41) is 14.1. The maximum Gasteiger partial charge on any atom is 0.113 e. The molecule has 1 aromatic carbocycles. The van der Waals surface area contributed by atoms with Gasteiger partial charge in [-0.2, -0.15) is 5.10 Å². The number of aryl methyl sites for hydroxylation is 1. The van der Waals surface area contributed by atoms with Crippen molar-refractivity contribution in [3.63, 3.8) is 0 Å². The van der Waals surface area contributed by atoms with E-state index in [1.807, 2.05) is 31.2 Å². The van der Waals surface area contributed by atoms with Crippen LogP contribution in [-0.4, -0.2) is 21.5 Å². The fourth-order valence-electron chi connectivity index (χ4n) is 1.71. The maximum atomic E-state index is 9.02. The zero-order valence-electron chi connectivity index (χ0n) is 9.32. The molecule has 0 atom stereocenters. The lowest BCUT2D eigenvalue weighted by Gasteiger charge is -2.05. The van der Waals surface area contributed by atoms with Crippen LogP contribution < -0.4 is 0 Å². The SMILES string of the molecule is Cc1nn(-c2ccccc2Cl)c(Br)c1CCO. The monoisotopic (exact) mass is 314 g/mol. The Kier molecular flexibility index (Phi) is 3.86. The number of rotatable bonds is 3. The van der Waals surface area contributed by atoms with Gasteiger partial charge in [0, 0.05) is 18.6 Å². The number of aliphatic hydroxyl groups is 1. The van der Waals surface area contributed by atoms with Gasteiger partial charge in [-0.15, -0.1) is 0 Å². The molecule has 17 heavy (non-hydrogen) atoms. The van der Waals surface area contributed by atoms with Crippen molar-refractivity contribution in [3.05, 3.63) is 45.1 Å². The van der Waals surface area contributed by atoms with Crippen LogP contribution in [0.2, 0.25) is 5.02 Å². The summed E-state index contributed by atoms with van der Waals surface area (Å²) in [4.78, 5) is 0. The normalized spacial score (nSPS) is 10.8. The Balaban J connectivity index is 2.54. The summed E-state index contributed by atoms with van der Waals surface area (Å²) >= 11 is 9.64. The number of hydrogen-bond acceptors (Lipinski definition) is 2. The van der Waals surface area contributed by atoms with Crippen molar-refractivity contribution in [2.45, 2.75) is 13.3 Å². The van der Waals surface area contributed by atoms with Crippen molar-refractivity contribution in [2.75, 3.05) is 6.61 Å². The first-order valence-corrected chi connectivity index (χ1v) is 6.42. The van der Waals surface area contributed by atoms with Gasteiger partial charge in [-0.3, -0.25) is 0 Å². The topological polar surface area (TPSA) is 38.0 Å². The van der Waals surface area contributed by atoms with Crippen molar-refractivity contribution in [3.8, 4) is 5.69 Å². The van der Waals surface area contributed by atoms with Gasteiger partial charge in [-0.1, -0.05) is 23.7 Å². The van der Waals surface area contributed by atoms with Gasteiger partial charge in [0.15, 0.2) is 0 Å². The molecule has 0 aliphatic heterocycles. The first-order chi connectivity index (χ1) is 8.15. The second-order valence-corrected chi connectivity index (χ2v) is 4.85. The predicted octanol–water partition coefficient (Wildman–Crippen LogP) is 3.13. The molecule has 3 nitrogen and oxygen atoms in total. The van der Waals surface area contributed by atoms with E-state index >= 15 is 0 Å². The molecule has 0 saturated heterocycles. The van der Waals surface area contributed by atoms with E-state index in [9.17, 15) is 0 Å².